The lowest BCUT2D eigenvalue weighted by atomic mass is 9.86. The van der Waals surface area contributed by atoms with Gasteiger partial charge in [-0.1, -0.05) is 80.9 Å². The largest absolute Gasteiger partial charge is 0.480 e. The SMILES string of the molecule is CN1NC(C(=O)O)C=C1c1ccc(C(C)(C)C)cc1.Cc1ccccc1. The molecule has 2 aromatic carbocycles. The van der Waals surface area contributed by atoms with Crippen LogP contribution in [0.4, 0.5) is 0 Å². The average Bonchev–Trinajstić information content (AvgIpc) is 2.98. The molecule has 1 aliphatic heterocycles. The fourth-order valence-electron chi connectivity index (χ4n) is 2.68. The number of benzene rings is 2. The summed E-state index contributed by atoms with van der Waals surface area (Å²) in [5.41, 5.74) is 7.51. The minimum absolute atomic E-state index is 0.121. The summed E-state index contributed by atoms with van der Waals surface area (Å²) in [4.78, 5) is 11.0. The Morgan fingerprint density at radius 1 is 1.04 bits per heavy atom. The molecule has 1 unspecified atom stereocenters. The van der Waals surface area contributed by atoms with E-state index in [9.17, 15) is 4.79 Å². The highest BCUT2D eigenvalue weighted by Crippen LogP contribution is 2.26. The fraction of sp³-hybridized carbons (Fsp3) is 0.318. The normalized spacial score (nSPS) is 16.6. The van der Waals surface area contributed by atoms with E-state index in [1.807, 2.05) is 37.4 Å². The zero-order valence-corrected chi connectivity index (χ0v) is 16.2. The Balaban J connectivity index is 0.000000290. The predicted octanol–water partition coefficient (Wildman–Crippen LogP) is 4.22. The van der Waals surface area contributed by atoms with Crippen LogP contribution in [0, 0.1) is 6.92 Å². The van der Waals surface area contributed by atoms with Crippen LogP contribution in [0.1, 0.15) is 37.5 Å². The van der Waals surface area contributed by atoms with Gasteiger partial charge in [0.15, 0.2) is 0 Å². The Morgan fingerprint density at radius 3 is 2.00 bits per heavy atom. The molecular weight excluding hydrogens is 324 g/mol. The van der Waals surface area contributed by atoms with Gasteiger partial charge < -0.3 is 10.1 Å². The number of rotatable bonds is 2. The van der Waals surface area contributed by atoms with E-state index in [2.05, 4.69) is 57.4 Å². The van der Waals surface area contributed by atoms with Gasteiger partial charge in [-0.25, -0.2) is 5.43 Å². The van der Waals surface area contributed by atoms with Gasteiger partial charge in [0.2, 0.25) is 0 Å². The van der Waals surface area contributed by atoms with Crippen LogP contribution < -0.4 is 5.43 Å². The van der Waals surface area contributed by atoms with Gasteiger partial charge in [-0.3, -0.25) is 4.79 Å². The summed E-state index contributed by atoms with van der Waals surface area (Å²) in [5, 5.41) is 10.8. The van der Waals surface area contributed by atoms with Gasteiger partial charge in [-0.15, -0.1) is 0 Å². The van der Waals surface area contributed by atoms with E-state index < -0.39 is 12.0 Å². The van der Waals surface area contributed by atoms with E-state index in [4.69, 9.17) is 5.11 Å². The maximum Gasteiger partial charge on any atom is 0.326 e. The predicted molar refractivity (Wildman–Crippen MR) is 107 cm³/mol. The van der Waals surface area contributed by atoms with Crippen molar-refractivity contribution in [2.45, 2.75) is 39.2 Å². The molecule has 4 nitrogen and oxygen atoms in total. The van der Waals surface area contributed by atoms with Crippen molar-refractivity contribution in [3.63, 3.8) is 0 Å². The number of nitrogens with zero attached hydrogens (tertiary/aromatic N) is 1. The van der Waals surface area contributed by atoms with Gasteiger partial charge in [0.25, 0.3) is 0 Å². The second kappa shape index (κ2) is 8.19. The Hall–Kier alpha value is -2.59. The molecule has 138 valence electrons. The molecule has 0 bridgehead atoms. The van der Waals surface area contributed by atoms with E-state index in [1.165, 1.54) is 11.1 Å². The van der Waals surface area contributed by atoms with Crippen LogP contribution in [-0.4, -0.2) is 29.2 Å². The van der Waals surface area contributed by atoms with Crippen molar-refractivity contribution < 1.29 is 9.90 Å². The monoisotopic (exact) mass is 352 g/mol. The van der Waals surface area contributed by atoms with Crippen LogP contribution in [0.2, 0.25) is 0 Å². The van der Waals surface area contributed by atoms with Gasteiger partial charge in [0, 0.05) is 7.05 Å². The highest BCUT2D eigenvalue weighted by molar-refractivity contribution is 5.81. The zero-order valence-electron chi connectivity index (χ0n) is 16.2. The second-order valence-electron chi connectivity index (χ2n) is 7.54. The van der Waals surface area contributed by atoms with Gasteiger partial charge in [0.05, 0.1) is 5.70 Å². The summed E-state index contributed by atoms with van der Waals surface area (Å²) in [6.07, 6.45) is 1.73. The van der Waals surface area contributed by atoms with E-state index in [1.54, 1.807) is 11.1 Å². The number of carbonyl (C=O) groups is 1. The van der Waals surface area contributed by atoms with Gasteiger partial charge in [-0.05, 0) is 29.5 Å². The molecule has 0 aliphatic carbocycles. The number of carboxylic acid groups (broad SMARTS) is 1. The van der Waals surface area contributed by atoms with E-state index >= 15 is 0 Å². The van der Waals surface area contributed by atoms with Gasteiger partial charge in [-0.2, -0.15) is 0 Å². The summed E-state index contributed by atoms with van der Waals surface area (Å²) in [6.45, 7) is 8.60. The lowest BCUT2D eigenvalue weighted by Crippen LogP contribution is -2.38. The van der Waals surface area contributed by atoms with Crippen LogP contribution in [0.25, 0.3) is 5.70 Å². The van der Waals surface area contributed by atoms with Gasteiger partial charge in [0.1, 0.15) is 6.04 Å². The lowest BCUT2D eigenvalue weighted by Gasteiger charge is -2.21. The Kier molecular flexibility index (Phi) is 6.22. The number of hydrogen-bond acceptors (Lipinski definition) is 3. The topological polar surface area (TPSA) is 52.6 Å². The van der Waals surface area contributed by atoms with E-state index in [0.717, 1.165) is 11.3 Å². The number of hydrogen-bond donors (Lipinski definition) is 2. The third-order valence-electron chi connectivity index (χ3n) is 4.27. The van der Waals surface area contributed by atoms with Crippen molar-refractivity contribution >= 4 is 11.7 Å². The molecule has 2 aromatic rings. The number of hydrazine groups is 1. The summed E-state index contributed by atoms with van der Waals surface area (Å²) in [5.74, 6) is -0.867. The van der Waals surface area contributed by atoms with Crippen LogP contribution in [0.5, 0.6) is 0 Å². The molecule has 1 aliphatic rings. The molecule has 0 aromatic heterocycles. The van der Waals surface area contributed by atoms with Crippen LogP contribution >= 0.6 is 0 Å². The lowest BCUT2D eigenvalue weighted by molar-refractivity contribution is -0.138. The summed E-state index contributed by atoms with van der Waals surface area (Å²) >= 11 is 0. The van der Waals surface area contributed by atoms with Crippen molar-refractivity contribution in [1.29, 1.82) is 0 Å². The first-order chi connectivity index (χ1) is 12.2. The summed E-state index contributed by atoms with van der Waals surface area (Å²) in [6, 6.07) is 17.9. The standard InChI is InChI=1S/C15H20N2O2.C7H8/c1-15(2,3)11-7-5-10(6-8-11)13-9-12(14(18)19)16-17(13)4;1-7-5-3-2-4-6-7/h5-9,12,16H,1-4H3,(H,18,19);2-6H,1H3. The molecule has 3 rings (SSSR count). The van der Waals surface area contributed by atoms with Crippen molar-refractivity contribution in [3.8, 4) is 0 Å². The first-order valence-corrected chi connectivity index (χ1v) is 8.75. The number of nitrogens with one attached hydrogen (secondary N) is 1. The molecule has 1 heterocycles. The molecule has 0 fully saturated rings. The number of carboxylic acids is 1. The molecule has 2 N–H and O–H groups in total. The third kappa shape index (κ3) is 5.20. The smallest absolute Gasteiger partial charge is 0.326 e. The first-order valence-electron chi connectivity index (χ1n) is 8.75. The zero-order chi connectivity index (χ0) is 19.3. The molecule has 0 spiro atoms. The van der Waals surface area contributed by atoms with Crippen LogP contribution in [0.3, 0.4) is 0 Å². The van der Waals surface area contributed by atoms with Crippen LogP contribution in [0.15, 0.2) is 60.7 Å². The Bertz CT molecular complexity index is 759. The highest BCUT2D eigenvalue weighted by atomic mass is 16.4. The van der Waals surface area contributed by atoms with Crippen molar-refractivity contribution in [2.75, 3.05) is 7.05 Å². The molecule has 0 saturated carbocycles. The third-order valence-corrected chi connectivity index (χ3v) is 4.27. The maximum atomic E-state index is 11.0. The summed E-state index contributed by atoms with van der Waals surface area (Å²) in [7, 11) is 1.83. The fourth-order valence-corrected chi connectivity index (χ4v) is 2.68. The Labute approximate surface area is 156 Å². The van der Waals surface area contributed by atoms with Gasteiger partial charge >= 0.3 is 5.97 Å². The first kappa shape index (κ1) is 19.7. The Morgan fingerprint density at radius 2 is 1.62 bits per heavy atom. The average molecular weight is 352 g/mol. The van der Waals surface area contributed by atoms with Crippen molar-refractivity contribution in [3.05, 3.63) is 77.4 Å². The van der Waals surface area contributed by atoms with Crippen molar-refractivity contribution in [1.82, 2.24) is 10.4 Å². The highest BCUT2D eigenvalue weighted by Gasteiger charge is 2.26. The minimum atomic E-state index is -0.867. The van der Waals surface area contributed by atoms with E-state index in [0.29, 0.717) is 0 Å². The molecule has 1 atom stereocenters. The van der Waals surface area contributed by atoms with Crippen molar-refractivity contribution in [2.24, 2.45) is 0 Å². The molecule has 0 amide bonds. The molecule has 0 radical (unpaired) electrons. The molecule has 0 saturated heterocycles. The second-order valence-corrected chi connectivity index (χ2v) is 7.54. The number of aryl methyl sites for hydroxylation is 1. The molecular formula is C22H28N2O2. The van der Waals surface area contributed by atoms with E-state index in [-0.39, 0.29) is 5.41 Å². The molecule has 4 heteroatoms. The quantitative estimate of drug-likeness (QED) is 0.849. The maximum absolute atomic E-state index is 11.0. The summed E-state index contributed by atoms with van der Waals surface area (Å²) < 4.78 is 0. The minimum Gasteiger partial charge on any atom is -0.480 e. The number of aliphatic carboxylic acids is 1. The molecule has 26 heavy (non-hydrogen) atoms. The van der Waals surface area contributed by atoms with Crippen LogP contribution in [-0.2, 0) is 10.2 Å².